The fourth-order valence-electron chi connectivity index (χ4n) is 4.26. The van der Waals surface area contributed by atoms with Gasteiger partial charge in [0.2, 0.25) is 0 Å². The number of pyridine rings is 1. The Hall–Kier alpha value is -3.20. The molecule has 2 saturated heterocycles. The van der Waals surface area contributed by atoms with Crippen molar-refractivity contribution in [2.75, 3.05) is 29.9 Å². The topological polar surface area (TPSA) is 63.2 Å². The van der Waals surface area contributed by atoms with Crippen LogP contribution >= 0.6 is 0 Å². The van der Waals surface area contributed by atoms with Gasteiger partial charge in [-0.15, -0.1) is 6.58 Å². The van der Waals surface area contributed by atoms with Crippen LogP contribution in [0.4, 0.5) is 24.8 Å². The first-order valence-corrected chi connectivity index (χ1v) is 10.4. The summed E-state index contributed by atoms with van der Waals surface area (Å²) in [5, 5.41) is 3.85. The van der Waals surface area contributed by atoms with Gasteiger partial charge in [0.1, 0.15) is 28.9 Å². The van der Waals surface area contributed by atoms with E-state index in [-0.39, 0.29) is 11.2 Å². The van der Waals surface area contributed by atoms with Gasteiger partial charge in [-0.3, -0.25) is 0 Å². The summed E-state index contributed by atoms with van der Waals surface area (Å²) in [4.78, 5) is 15.6. The van der Waals surface area contributed by atoms with Crippen molar-refractivity contribution < 1.29 is 17.9 Å². The fraction of sp³-hybridized carbons (Fsp3) is 0.348. The molecule has 6 nitrogen and oxygen atoms in total. The quantitative estimate of drug-likeness (QED) is 0.558. The lowest BCUT2D eigenvalue weighted by Crippen LogP contribution is -2.68. The van der Waals surface area contributed by atoms with Crippen LogP contribution in [-0.2, 0) is 4.74 Å². The molecule has 32 heavy (non-hydrogen) atoms. The molecule has 1 N–H and O–H groups in total. The maximum absolute atomic E-state index is 14.8. The van der Waals surface area contributed by atoms with Crippen molar-refractivity contribution in [3.63, 3.8) is 0 Å². The van der Waals surface area contributed by atoms with Gasteiger partial charge in [-0.1, -0.05) is 24.3 Å². The summed E-state index contributed by atoms with van der Waals surface area (Å²) in [6.45, 7) is 7.86. The van der Waals surface area contributed by atoms with Crippen LogP contribution in [0.2, 0.25) is 0 Å². The second-order valence-corrected chi connectivity index (χ2v) is 8.23. The molecule has 1 spiro atoms. The van der Waals surface area contributed by atoms with Gasteiger partial charge in [-0.05, 0) is 13.0 Å². The molecule has 0 amide bonds. The second-order valence-electron chi connectivity index (χ2n) is 8.23. The molecule has 9 heteroatoms. The Morgan fingerprint density at radius 3 is 2.66 bits per heavy atom. The molecule has 2 aliphatic rings. The Balaban J connectivity index is 1.49. The maximum Gasteiger partial charge on any atom is 0.266 e. The molecule has 0 radical (unpaired) electrons. The normalized spacial score (nSPS) is 17.8. The average Bonchev–Trinajstić information content (AvgIpc) is 2.70. The molecule has 2 aliphatic heterocycles. The van der Waals surface area contributed by atoms with E-state index in [9.17, 15) is 13.2 Å². The third-order valence-corrected chi connectivity index (χ3v) is 6.08. The molecule has 166 valence electrons. The molecule has 5 rings (SSSR count). The summed E-state index contributed by atoms with van der Waals surface area (Å²) in [6, 6.07) is 5.07. The van der Waals surface area contributed by atoms with Crippen LogP contribution in [0.5, 0.6) is 0 Å². The number of ether oxygens (including phenoxy) is 1. The van der Waals surface area contributed by atoms with Gasteiger partial charge in [0.25, 0.3) is 6.43 Å². The predicted octanol–water partition coefficient (Wildman–Crippen LogP) is 4.73. The van der Waals surface area contributed by atoms with Gasteiger partial charge in [0.05, 0.1) is 43.0 Å². The first kappa shape index (κ1) is 20.7. The third-order valence-electron chi connectivity index (χ3n) is 6.08. The monoisotopic (exact) mass is 441 g/mol. The number of alkyl halides is 2. The average molecular weight is 441 g/mol. The molecule has 0 unspecified atom stereocenters. The minimum Gasteiger partial charge on any atom is -0.371 e. The largest absolute Gasteiger partial charge is 0.371 e. The van der Waals surface area contributed by atoms with Crippen molar-refractivity contribution in [3.05, 3.63) is 65.9 Å². The number of aryl methyl sites for hydroxylation is 1. The Labute approximate surface area is 183 Å². The number of rotatable bonds is 6. The van der Waals surface area contributed by atoms with Crippen LogP contribution in [0.3, 0.4) is 0 Å². The molecule has 2 aromatic heterocycles. The van der Waals surface area contributed by atoms with Crippen LogP contribution in [0.1, 0.15) is 35.8 Å². The summed E-state index contributed by atoms with van der Waals surface area (Å²) in [5.74, 6) is 0.779. The van der Waals surface area contributed by atoms with E-state index in [0.717, 1.165) is 38.0 Å². The highest BCUT2D eigenvalue weighted by Gasteiger charge is 2.49. The van der Waals surface area contributed by atoms with E-state index in [0.29, 0.717) is 22.5 Å². The van der Waals surface area contributed by atoms with E-state index >= 15 is 0 Å². The highest BCUT2D eigenvalue weighted by atomic mass is 19.3. The molecule has 1 aromatic carbocycles. The smallest absolute Gasteiger partial charge is 0.266 e. The summed E-state index contributed by atoms with van der Waals surface area (Å²) < 4.78 is 46.8. The van der Waals surface area contributed by atoms with Gasteiger partial charge in [-0.25, -0.2) is 28.1 Å². The van der Waals surface area contributed by atoms with Crippen LogP contribution in [0.15, 0.2) is 43.1 Å². The van der Waals surface area contributed by atoms with Crippen molar-refractivity contribution in [2.24, 2.45) is 0 Å². The molecular weight excluding hydrogens is 419 g/mol. The molecule has 4 heterocycles. The van der Waals surface area contributed by atoms with Crippen LogP contribution in [0.25, 0.3) is 10.9 Å². The summed E-state index contributed by atoms with van der Waals surface area (Å²) >= 11 is 0. The van der Waals surface area contributed by atoms with E-state index in [4.69, 9.17) is 4.74 Å². The highest BCUT2D eigenvalue weighted by molar-refractivity contribution is 5.90. The van der Waals surface area contributed by atoms with E-state index in [2.05, 4.69) is 31.7 Å². The third kappa shape index (κ3) is 3.46. The lowest BCUT2D eigenvalue weighted by atomic mass is 9.86. The number of anilines is 2. The molecule has 1 atom stereocenters. The van der Waals surface area contributed by atoms with E-state index in [1.54, 1.807) is 13.1 Å². The first-order valence-electron chi connectivity index (χ1n) is 10.4. The number of hydrogen-bond donors (Lipinski definition) is 1. The Kier molecular flexibility index (Phi) is 5.00. The number of nitrogens with zero attached hydrogens (tertiary/aromatic N) is 4. The minimum atomic E-state index is -2.91. The number of fused-ring (bicyclic) bond motifs is 1. The lowest BCUT2D eigenvalue weighted by molar-refractivity contribution is -0.161. The molecule has 0 aliphatic carbocycles. The molecule has 0 bridgehead atoms. The van der Waals surface area contributed by atoms with E-state index in [1.807, 2.05) is 6.07 Å². The SMILES string of the molecule is C=C[C@@H](Nc1nc(C)nc2cnc(N3CC4(CCO4)C3)cc12)c1cccc(C(F)F)c1F. The van der Waals surface area contributed by atoms with Gasteiger partial charge in [-0.2, -0.15) is 0 Å². The maximum atomic E-state index is 14.8. The predicted molar refractivity (Wildman–Crippen MR) is 116 cm³/mol. The number of hydrogen-bond acceptors (Lipinski definition) is 6. The van der Waals surface area contributed by atoms with Crippen molar-refractivity contribution in [2.45, 2.75) is 31.4 Å². The summed E-state index contributed by atoms with van der Waals surface area (Å²) in [5.41, 5.74) is 0.0194. The number of benzene rings is 1. The molecule has 2 fully saturated rings. The minimum absolute atomic E-state index is 0.0390. The van der Waals surface area contributed by atoms with Gasteiger partial charge in [0.15, 0.2) is 0 Å². The zero-order valence-corrected chi connectivity index (χ0v) is 17.5. The van der Waals surface area contributed by atoms with Crippen molar-refractivity contribution in [3.8, 4) is 0 Å². The van der Waals surface area contributed by atoms with E-state index in [1.165, 1.54) is 18.2 Å². The summed E-state index contributed by atoms with van der Waals surface area (Å²) in [6.07, 6.45) is 1.29. The van der Waals surface area contributed by atoms with Gasteiger partial charge >= 0.3 is 0 Å². The van der Waals surface area contributed by atoms with Crippen LogP contribution in [-0.4, -0.2) is 40.2 Å². The number of halogens is 3. The Morgan fingerprint density at radius 1 is 1.25 bits per heavy atom. The van der Waals surface area contributed by atoms with Gasteiger partial charge in [0, 0.05) is 17.4 Å². The molecular formula is C23H22F3N5O. The van der Waals surface area contributed by atoms with Crippen molar-refractivity contribution in [1.29, 1.82) is 0 Å². The van der Waals surface area contributed by atoms with Gasteiger partial charge < -0.3 is 15.0 Å². The second kappa shape index (κ2) is 7.74. The summed E-state index contributed by atoms with van der Waals surface area (Å²) in [7, 11) is 0. The zero-order valence-electron chi connectivity index (χ0n) is 17.5. The fourth-order valence-corrected chi connectivity index (χ4v) is 4.26. The molecule has 0 saturated carbocycles. The van der Waals surface area contributed by atoms with Crippen LogP contribution < -0.4 is 10.2 Å². The highest BCUT2D eigenvalue weighted by Crippen LogP contribution is 2.39. The Morgan fingerprint density at radius 2 is 2.00 bits per heavy atom. The van der Waals surface area contributed by atoms with Crippen molar-refractivity contribution in [1.82, 2.24) is 15.0 Å². The number of nitrogens with one attached hydrogen (secondary N) is 1. The Bertz CT molecular complexity index is 1190. The lowest BCUT2D eigenvalue weighted by Gasteiger charge is -2.55. The van der Waals surface area contributed by atoms with Crippen molar-refractivity contribution >= 4 is 22.5 Å². The first-order chi connectivity index (χ1) is 15.4. The van der Waals surface area contributed by atoms with Crippen LogP contribution in [0, 0.1) is 12.7 Å². The molecule has 3 aromatic rings. The standard InChI is InChI=1S/C23H22F3N5O/c1-3-17(14-5-4-6-15(20(14)24)21(25)26)30-22-16-9-19(27-10-18(16)28-13(2)29-22)31-11-23(12-31)7-8-32-23/h3-6,9-10,17,21H,1,7-8,11-12H2,2H3,(H,28,29,30)/t17-/m1/s1. The zero-order chi connectivity index (χ0) is 22.5. The van der Waals surface area contributed by atoms with E-state index < -0.39 is 23.8 Å². The number of aromatic nitrogens is 3.